The second-order valence-electron chi connectivity index (χ2n) is 9.01. The van der Waals surface area contributed by atoms with Gasteiger partial charge in [-0.2, -0.15) is 11.8 Å². The Kier molecular flexibility index (Phi) is 8.04. The van der Waals surface area contributed by atoms with Gasteiger partial charge in [0.25, 0.3) is 0 Å². The third-order valence-electron chi connectivity index (χ3n) is 4.73. The smallest absolute Gasteiger partial charge is 0.408 e. The van der Waals surface area contributed by atoms with Crippen LogP contribution in [0, 0.1) is 13.8 Å². The quantitative estimate of drug-likeness (QED) is 0.282. The number of fused-ring (bicyclic) bond motifs is 1. The van der Waals surface area contributed by atoms with Crippen LogP contribution >= 0.6 is 11.8 Å². The van der Waals surface area contributed by atoms with Crippen LogP contribution in [0.15, 0.2) is 57.7 Å². The third-order valence-corrected chi connectivity index (χ3v) is 5.84. The average Bonchev–Trinajstić information content (AvgIpc) is 2.71. The third kappa shape index (κ3) is 7.12. The lowest BCUT2D eigenvalue weighted by Gasteiger charge is -2.23. The van der Waals surface area contributed by atoms with Crippen LogP contribution in [0.25, 0.3) is 11.0 Å². The topological polar surface area (TPSA) is 94.8 Å². The first kappa shape index (κ1) is 25.4. The first-order valence-corrected chi connectivity index (χ1v) is 12.1. The van der Waals surface area contributed by atoms with Crippen LogP contribution in [0.3, 0.4) is 0 Å². The van der Waals surface area contributed by atoms with Crippen molar-refractivity contribution in [2.75, 3.05) is 5.75 Å². The van der Waals surface area contributed by atoms with Crippen molar-refractivity contribution in [2.24, 2.45) is 0 Å². The minimum atomic E-state index is -0.949. The molecule has 34 heavy (non-hydrogen) atoms. The number of benzene rings is 2. The molecule has 0 saturated heterocycles. The number of alkyl carbamates (subject to hydrolysis) is 1. The highest BCUT2D eigenvalue weighted by atomic mass is 32.2. The Hall–Kier alpha value is -3.26. The Morgan fingerprint density at radius 1 is 1.09 bits per heavy atom. The van der Waals surface area contributed by atoms with Gasteiger partial charge in [0.15, 0.2) is 0 Å². The molecule has 0 aliphatic carbocycles. The maximum atomic E-state index is 13.2. The zero-order chi connectivity index (χ0) is 24.9. The van der Waals surface area contributed by atoms with Crippen LogP contribution in [-0.2, 0) is 15.3 Å². The van der Waals surface area contributed by atoms with Crippen LogP contribution in [0.2, 0.25) is 0 Å². The molecule has 1 heterocycles. The number of thioether (sulfide) groups is 1. The molecule has 8 heteroatoms. The van der Waals surface area contributed by atoms with Crippen molar-refractivity contribution in [3.8, 4) is 5.75 Å². The van der Waals surface area contributed by atoms with Gasteiger partial charge in [0.2, 0.25) is 0 Å². The van der Waals surface area contributed by atoms with Gasteiger partial charge in [-0.25, -0.2) is 14.4 Å². The van der Waals surface area contributed by atoms with Crippen LogP contribution in [0.4, 0.5) is 4.79 Å². The maximum Gasteiger partial charge on any atom is 0.408 e. The van der Waals surface area contributed by atoms with E-state index in [1.807, 2.05) is 37.3 Å². The van der Waals surface area contributed by atoms with Gasteiger partial charge in [0, 0.05) is 17.6 Å². The molecule has 0 saturated carbocycles. The number of esters is 1. The largest absolute Gasteiger partial charge is 0.444 e. The van der Waals surface area contributed by atoms with Gasteiger partial charge in [-0.3, -0.25) is 0 Å². The van der Waals surface area contributed by atoms with E-state index in [1.165, 1.54) is 17.8 Å². The molecular weight excluding hydrogens is 454 g/mol. The Labute approximate surface area is 202 Å². The molecule has 1 atom stereocenters. The molecular formula is C26H29NO6S. The molecule has 180 valence electrons. The Morgan fingerprint density at radius 3 is 2.47 bits per heavy atom. The van der Waals surface area contributed by atoms with Gasteiger partial charge in [0.1, 0.15) is 23.0 Å². The summed E-state index contributed by atoms with van der Waals surface area (Å²) in [5, 5.41) is 3.17. The first-order chi connectivity index (χ1) is 16.0. The Bertz CT molecular complexity index is 1230. The Balaban J connectivity index is 1.82. The van der Waals surface area contributed by atoms with Crippen molar-refractivity contribution in [2.45, 2.75) is 52.0 Å². The fourth-order valence-corrected chi connectivity index (χ4v) is 4.33. The molecule has 0 aliphatic heterocycles. The van der Waals surface area contributed by atoms with E-state index in [0.717, 1.165) is 11.1 Å². The predicted octanol–water partition coefficient (Wildman–Crippen LogP) is 5.14. The van der Waals surface area contributed by atoms with Crippen molar-refractivity contribution in [3.63, 3.8) is 0 Å². The van der Waals surface area contributed by atoms with Crippen LogP contribution in [0.1, 0.15) is 37.5 Å². The second-order valence-corrected chi connectivity index (χ2v) is 10.0. The summed E-state index contributed by atoms with van der Waals surface area (Å²) in [6.45, 7) is 8.81. The molecule has 7 nitrogen and oxygen atoms in total. The minimum absolute atomic E-state index is 0.269. The number of carbonyl (C=O) groups excluding carboxylic acids is 2. The lowest BCUT2D eigenvalue weighted by molar-refractivity contribution is -0.136. The lowest BCUT2D eigenvalue weighted by Crippen LogP contribution is -2.46. The lowest BCUT2D eigenvalue weighted by atomic mass is 10.1. The molecule has 0 spiro atoms. The van der Waals surface area contributed by atoms with Crippen molar-refractivity contribution in [1.82, 2.24) is 5.32 Å². The first-order valence-electron chi connectivity index (χ1n) is 10.9. The highest BCUT2D eigenvalue weighted by molar-refractivity contribution is 7.98. The summed E-state index contributed by atoms with van der Waals surface area (Å²) in [4.78, 5) is 37.4. The number of amides is 1. The molecule has 0 aliphatic rings. The summed E-state index contributed by atoms with van der Waals surface area (Å²) < 4.78 is 16.4. The fraction of sp³-hybridized carbons (Fsp3) is 0.346. The van der Waals surface area contributed by atoms with E-state index in [0.29, 0.717) is 22.3 Å². The van der Waals surface area contributed by atoms with Crippen LogP contribution in [0.5, 0.6) is 5.75 Å². The number of hydrogen-bond acceptors (Lipinski definition) is 7. The SMILES string of the molecule is Cc1cc(OC(=O)[C@H](CSCc2ccccc2)NC(=O)OC(C)(C)C)c2c(C)cc(=O)oc2c1. The molecule has 3 aromatic rings. The predicted molar refractivity (Wildman–Crippen MR) is 133 cm³/mol. The molecule has 1 N–H and O–H groups in total. The van der Waals surface area contributed by atoms with Gasteiger partial charge >= 0.3 is 17.7 Å². The van der Waals surface area contributed by atoms with Gasteiger partial charge in [-0.05, 0) is 63.4 Å². The summed E-state index contributed by atoms with van der Waals surface area (Å²) in [6, 6.07) is 13.6. The van der Waals surface area contributed by atoms with Crippen molar-refractivity contribution in [3.05, 3.63) is 75.6 Å². The zero-order valence-corrected chi connectivity index (χ0v) is 20.8. The normalized spacial score (nSPS) is 12.3. The standard InChI is InChI=1S/C26H29NO6S/c1-16-11-20-23(17(2)13-22(28)31-20)21(12-16)32-24(29)19(27-25(30)33-26(3,4)5)15-34-14-18-9-7-6-8-10-18/h6-13,19H,14-15H2,1-5H3,(H,27,30)/t19-/m0/s1. The molecule has 0 unspecified atom stereocenters. The minimum Gasteiger partial charge on any atom is -0.444 e. The van der Waals surface area contributed by atoms with Gasteiger partial charge in [-0.15, -0.1) is 0 Å². The van der Waals surface area contributed by atoms with E-state index >= 15 is 0 Å². The highest BCUT2D eigenvalue weighted by Crippen LogP contribution is 2.30. The number of aryl methyl sites for hydroxylation is 2. The summed E-state index contributed by atoms with van der Waals surface area (Å²) >= 11 is 1.49. The summed E-state index contributed by atoms with van der Waals surface area (Å²) in [5.41, 5.74) is 1.64. The van der Waals surface area contributed by atoms with Gasteiger partial charge in [-0.1, -0.05) is 30.3 Å². The van der Waals surface area contributed by atoms with Crippen molar-refractivity contribution in [1.29, 1.82) is 0 Å². The molecule has 0 bridgehead atoms. The number of carbonyl (C=O) groups is 2. The Morgan fingerprint density at radius 2 is 1.79 bits per heavy atom. The molecule has 2 aromatic carbocycles. The van der Waals surface area contributed by atoms with Crippen molar-refractivity contribution < 1.29 is 23.5 Å². The number of nitrogens with one attached hydrogen (secondary N) is 1. The van der Waals surface area contributed by atoms with E-state index in [9.17, 15) is 14.4 Å². The van der Waals surface area contributed by atoms with Crippen LogP contribution < -0.4 is 15.7 Å². The monoisotopic (exact) mass is 483 g/mol. The van der Waals surface area contributed by atoms with Crippen molar-refractivity contribution >= 4 is 34.8 Å². The highest BCUT2D eigenvalue weighted by Gasteiger charge is 2.27. The molecule has 3 rings (SSSR count). The fourth-order valence-electron chi connectivity index (χ4n) is 3.32. The van der Waals surface area contributed by atoms with E-state index in [2.05, 4.69) is 5.32 Å². The molecule has 0 fully saturated rings. The molecule has 0 radical (unpaired) electrons. The second kappa shape index (κ2) is 10.8. The van der Waals surface area contributed by atoms with E-state index in [-0.39, 0.29) is 11.5 Å². The number of hydrogen-bond donors (Lipinski definition) is 1. The average molecular weight is 484 g/mol. The van der Waals surface area contributed by atoms with Gasteiger partial charge < -0.3 is 19.2 Å². The molecule has 1 amide bonds. The van der Waals surface area contributed by atoms with Gasteiger partial charge in [0.05, 0.1) is 5.39 Å². The number of rotatable bonds is 7. The summed E-state index contributed by atoms with van der Waals surface area (Å²) in [6.07, 6.45) is -0.703. The summed E-state index contributed by atoms with van der Waals surface area (Å²) in [5.74, 6) is 0.581. The van der Waals surface area contributed by atoms with E-state index in [1.54, 1.807) is 39.8 Å². The number of ether oxygens (including phenoxy) is 2. The van der Waals surface area contributed by atoms with Crippen LogP contribution in [-0.4, -0.2) is 29.5 Å². The zero-order valence-electron chi connectivity index (χ0n) is 20.0. The summed E-state index contributed by atoms with van der Waals surface area (Å²) in [7, 11) is 0. The van der Waals surface area contributed by atoms with E-state index < -0.39 is 29.3 Å². The van der Waals surface area contributed by atoms with E-state index in [4.69, 9.17) is 13.9 Å². The maximum absolute atomic E-state index is 13.2. The molecule has 1 aromatic heterocycles.